The van der Waals surface area contributed by atoms with Crippen LogP contribution >= 0.6 is 28.1 Å². The molecule has 0 aromatic heterocycles. The van der Waals surface area contributed by atoms with E-state index in [1.165, 1.54) is 6.07 Å². The second-order valence-corrected chi connectivity index (χ2v) is 6.38. The highest BCUT2D eigenvalue weighted by molar-refractivity contribution is 9.10. The van der Waals surface area contributed by atoms with E-state index in [9.17, 15) is 9.18 Å². The number of halogens is 2. The Morgan fingerprint density at radius 3 is 2.78 bits per heavy atom. The summed E-state index contributed by atoms with van der Waals surface area (Å²) >= 11 is 8.44. The van der Waals surface area contributed by atoms with Gasteiger partial charge >= 0.3 is 5.97 Å². The van der Waals surface area contributed by atoms with Gasteiger partial charge in [-0.25, -0.2) is 9.18 Å². The molecule has 1 aromatic carbocycles. The van der Waals surface area contributed by atoms with Crippen molar-refractivity contribution in [1.29, 1.82) is 0 Å². The maximum absolute atomic E-state index is 14.4. The van der Waals surface area contributed by atoms with Gasteiger partial charge < -0.3 is 15.4 Å². The molecule has 1 aliphatic heterocycles. The number of rotatable bonds is 5. The molecule has 1 aromatic rings. The largest absolute Gasteiger partial charge is 0.463 e. The molecule has 1 unspecified atom stereocenters. The Kier molecular flexibility index (Phi) is 6.12. The lowest BCUT2D eigenvalue weighted by molar-refractivity contribution is -0.139. The van der Waals surface area contributed by atoms with E-state index >= 15 is 0 Å². The van der Waals surface area contributed by atoms with Crippen LogP contribution < -0.4 is 10.6 Å². The van der Waals surface area contributed by atoms with Crippen LogP contribution in [0.4, 0.5) is 4.39 Å². The summed E-state index contributed by atoms with van der Waals surface area (Å²) in [6.07, 6.45) is 1.45. The molecular weight excluding hydrogens is 383 g/mol. The van der Waals surface area contributed by atoms with Gasteiger partial charge in [-0.2, -0.15) is 0 Å². The van der Waals surface area contributed by atoms with Crippen LogP contribution in [0, 0.1) is 5.82 Å². The Labute approximate surface area is 148 Å². The normalized spacial score (nSPS) is 17.6. The van der Waals surface area contributed by atoms with Crippen LogP contribution in [-0.4, -0.2) is 17.7 Å². The van der Waals surface area contributed by atoms with Gasteiger partial charge in [0.2, 0.25) is 0 Å². The van der Waals surface area contributed by atoms with Crippen molar-refractivity contribution in [2.45, 2.75) is 32.7 Å². The monoisotopic (exact) mass is 400 g/mol. The van der Waals surface area contributed by atoms with Crippen LogP contribution in [0.1, 0.15) is 38.3 Å². The molecule has 0 saturated heterocycles. The molecule has 2 rings (SSSR count). The predicted molar refractivity (Wildman–Crippen MR) is 94.3 cm³/mol. The summed E-state index contributed by atoms with van der Waals surface area (Å²) in [5.74, 6) is -0.884. The minimum absolute atomic E-state index is 0.252. The van der Waals surface area contributed by atoms with Gasteiger partial charge in [0.25, 0.3) is 0 Å². The minimum Gasteiger partial charge on any atom is -0.463 e. The third-order valence-electron chi connectivity index (χ3n) is 3.42. The Morgan fingerprint density at radius 2 is 2.17 bits per heavy atom. The minimum atomic E-state index is -0.669. The van der Waals surface area contributed by atoms with Crippen LogP contribution in [0.2, 0.25) is 0 Å². The van der Waals surface area contributed by atoms with E-state index in [4.69, 9.17) is 17.0 Å². The van der Waals surface area contributed by atoms with Crippen molar-refractivity contribution in [3.8, 4) is 0 Å². The molecule has 1 atom stereocenters. The second-order valence-electron chi connectivity index (χ2n) is 5.06. The molecule has 0 aliphatic carbocycles. The first kappa shape index (κ1) is 17.9. The molecule has 1 heterocycles. The summed E-state index contributed by atoms with van der Waals surface area (Å²) < 4.78 is 20.2. The molecule has 0 spiro atoms. The van der Waals surface area contributed by atoms with E-state index in [-0.39, 0.29) is 6.61 Å². The number of carbonyl (C=O) groups is 1. The molecule has 0 radical (unpaired) electrons. The van der Waals surface area contributed by atoms with E-state index in [1.807, 2.05) is 6.92 Å². The van der Waals surface area contributed by atoms with Gasteiger partial charge in [0.05, 0.1) is 18.2 Å². The maximum atomic E-state index is 14.4. The Morgan fingerprint density at radius 1 is 1.43 bits per heavy atom. The number of hydrogen-bond donors (Lipinski definition) is 2. The molecule has 0 bridgehead atoms. The molecule has 0 saturated carbocycles. The van der Waals surface area contributed by atoms with Crippen molar-refractivity contribution in [1.82, 2.24) is 10.6 Å². The molecule has 1 aliphatic rings. The summed E-state index contributed by atoms with van der Waals surface area (Å²) in [7, 11) is 0. The highest BCUT2D eigenvalue weighted by Gasteiger charge is 2.33. The highest BCUT2D eigenvalue weighted by atomic mass is 79.9. The van der Waals surface area contributed by atoms with E-state index in [1.54, 1.807) is 19.1 Å². The van der Waals surface area contributed by atoms with Gasteiger partial charge in [-0.1, -0.05) is 35.3 Å². The first-order valence-electron chi connectivity index (χ1n) is 7.40. The lowest BCUT2D eigenvalue weighted by atomic mass is 9.93. The fraction of sp³-hybridized carbons (Fsp3) is 0.375. The van der Waals surface area contributed by atoms with Crippen LogP contribution in [0.3, 0.4) is 0 Å². The van der Waals surface area contributed by atoms with E-state index in [2.05, 4.69) is 26.6 Å². The standard InChI is InChI=1S/C16H18BrFN2O2S/c1-3-5-12-13(15(21)22-4-2)14(20-16(23)19-12)10-7-6-9(17)8-11(10)18/h6-8,14H,3-5H2,1-2H3,(H2,19,20,23). The maximum Gasteiger partial charge on any atom is 0.338 e. The topological polar surface area (TPSA) is 50.4 Å². The van der Waals surface area contributed by atoms with Gasteiger partial charge in [0, 0.05) is 15.7 Å². The Hall–Kier alpha value is -1.47. The number of ether oxygens (including phenoxy) is 1. The molecule has 0 fully saturated rings. The number of carbonyl (C=O) groups excluding carboxylic acids is 1. The van der Waals surface area contributed by atoms with Gasteiger partial charge in [-0.3, -0.25) is 0 Å². The van der Waals surface area contributed by atoms with Crippen molar-refractivity contribution in [3.63, 3.8) is 0 Å². The summed E-state index contributed by atoms with van der Waals surface area (Å²) in [6.45, 7) is 3.99. The number of thiocarbonyl (C=S) groups is 1. The molecule has 124 valence electrons. The van der Waals surface area contributed by atoms with Crippen LogP contribution in [0.25, 0.3) is 0 Å². The van der Waals surface area contributed by atoms with Gasteiger partial charge in [0.15, 0.2) is 5.11 Å². The van der Waals surface area contributed by atoms with E-state index in [0.717, 1.165) is 6.42 Å². The van der Waals surface area contributed by atoms with Crippen molar-refractivity contribution in [3.05, 3.63) is 45.3 Å². The summed E-state index contributed by atoms with van der Waals surface area (Å²) in [5.41, 5.74) is 1.42. The molecule has 23 heavy (non-hydrogen) atoms. The third kappa shape index (κ3) is 4.09. The third-order valence-corrected chi connectivity index (χ3v) is 4.14. The first-order chi connectivity index (χ1) is 11.0. The SMILES string of the molecule is CCCC1=C(C(=O)OCC)C(c2ccc(Br)cc2F)NC(=S)N1. The summed E-state index contributed by atoms with van der Waals surface area (Å²) in [5, 5.41) is 6.35. The van der Waals surface area contributed by atoms with E-state index in [0.29, 0.717) is 32.8 Å². The lowest BCUT2D eigenvalue weighted by Crippen LogP contribution is -2.46. The zero-order chi connectivity index (χ0) is 17.0. The van der Waals surface area contributed by atoms with Crippen molar-refractivity contribution in [2.75, 3.05) is 6.61 Å². The predicted octanol–water partition coefficient (Wildman–Crippen LogP) is 3.72. The van der Waals surface area contributed by atoms with Crippen molar-refractivity contribution >= 4 is 39.2 Å². The molecule has 4 nitrogen and oxygen atoms in total. The summed E-state index contributed by atoms with van der Waals surface area (Å²) in [6, 6.07) is 4.06. The molecule has 0 amide bonds. The number of nitrogens with one attached hydrogen (secondary N) is 2. The lowest BCUT2D eigenvalue weighted by Gasteiger charge is -2.31. The fourth-order valence-electron chi connectivity index (χ4n) is 2.48. The number of benzene rings is 1. The fourth-order valence-corrected chi connectivity index (χ4v) is 3.06. The number of esters is 1. The van der Waals surface area contributed by atoms with Gasteiger partial charge in [-0.05, 0) is 37.7 Å². The van der Waals surface area contributed by atoms with Crippen molar-refractivity contribution in [2.24, 2.45) is 0 Å². The molecular formula is C16H18BrFN2O2S. The zero-order valence-corrected chi connectivity index (χ0v) is 15.3. The summed E-state index contributed by atoms with van der Waals surface area (Å²) in [4.78, 5) is 12.4. The van der Waals surface area contributed by atoms with Gasteiger partial charge in [0.1, 0.15) is 5.82 Å². The first-order valence-corrected chi connectivity index (χ1v) is 8.60. The highest BCUT2D eigenvalue weighted by Crippen LogP contribution is 2.31. The quantitative estimate of drug-likeness (QED) is 0.582. The van der Waals surface area contributed by atoms with Crippen molar-refractivity contribution < 1.29 is 13.9 Å². The smallest absolute Gasteiger partial charge is 0.338 e. The average Bonchev–Trinajstić information content (AvgIpc) is 2.47. The van der Waals surface area contributed by atoms with E-state index < -0.39 is 17.8 Å². The number of hydrogen-bond acceptors (Lipinski definition) is 3. The molecule has 2 N–H and O–H groups in total. The molecule has 7 heteroatoms. The zero-order valence-electron chi connectivity index (χ0n) is 12.9. The average molecular weight is 401 g/mol. The van der Waals surface area contributed by atoms with Crippen LogP contribution in [0.5, 0.6) is 0 Å². The second kappa shape index (κ2) is 7.88. The Balaban J connectivity index is 2.54. The number of allylic oxidation sites excluding steroid dienone is 1. The van der Waals surface area contributed by atoms with Crippen LogP contribution in [-0.2, 0) is 9.53 Å². The van der Waals surface area contributed by atoms with Gasteiger partial charge in [-0.15, -0.1) is 0 Å². The Bertz CT molecular complexity index is 663. The van der Waals surface area contributed by atoms with Crippen LogP contribution in [0.15, 0.2) is 33.9 Å².